The lowest BCUT2D eigenvalue weighted by Crippen LogP contribution is -2.30. The van der Waals surface area contributed by atoms with Crippen molar-refractivity contribution in [3.05, 3.63) is 11.6 Å². The molecule has 0 saturated heterocycles. The Morgan fingerprint density at radius 2 is 2.24 bits per heavy atom. The number of alkyl halides is 1. The summed E-state index contributed by atoms with van der Waals surface area (Å²) in [6.07, 6.45) is 7.86. The highest BCUT2D eigenvalue weighted by molar-refractivity contribution is 7.89. The van der Waals surface area contributed by atoms with Gasteiger partial charge in [0.15, 0.2) is 0 Å². The molecule has 5 heteroatoms. The Morgan fingerprint density at radius 3 is 2.82 bits per heavy atom. The van der Waals surface area contributed by atoms with Gasteiger partial charge < -0.3 is 0 Å². The predicted octanol–water partition coefficient (Wildman–Crippen LogP) is 2.67. The summed E-state index contributed by atoms with van der Waals surface area (Å²) in [6.45, 7) is 2.36. The van der Waals surface area contributed by atoms with Crippen molar-refractivity contribution in [1.29, 1.82) is 0 Å². The maximum atomic E-state index is 11.7. The fourth-order valence-corrected chi connectivity index (χ4v) is 3.61. The van der Waals surface area contributed by atoms with Crippen molar-refractivity contribution < 1.29 is 8.42 Å². The van der Waals surface area contributed by atoms with Crippen LogP contribution in [0.3, 0.4) is 0 Å². The van der Waals surface area contributed by atoms with Crippen LogP contribution in [0.15, 0.2) is 11.6 Å². The summed E-state index contributed by atoms with van der Waals surface area (Å²) in [7, 11) is -3.16. The van der Waals surface area contributed by atoms with Crippen molar-refractivity contribution in [2.24, 2.45) is 5.92 Å². The van der Waals surface area contributed by atoms with E-state index in [1.165, 1.54) is 18.4 Å². The molecule has 0 radical (unpaired) electrons. The van der Waals surface area contributed by atoms with Crippen LogP contribution in [0.5, 0.6) is 0 Å². The largest absolute Gasteiger partial charge is 0.215 e. The van der Waals surface area contributed by atoms with Gasteiger partial charge in [-0.15, -0.1) is 11.6 Å². The van der Waals surface area contributed by atoms with Gasteiger partial charge >= 0.3 is 0 Å². The molecule has 3 nitrogen and oxygen atoms in total. The summed E-state index contributed by atoms with van der Waals surface area (Å²) >= 11 is 5.61. The maximum Gasteiger partial charge on any atom is 0.211 e. The standard InChI is InChI=1S/C12H22ClNO2S/c1-11(9-13)10-17(15,16)14-8-7-12-5-3-2-4-6-12/h5,11,14H,2-4,6-10H2,1H3. The molecule has 0 saturated carbocycles. The molecule has 0 spiro atoms. The van der Waals surface area contributed by atoms with Gasteiger partial charge in [-0.3, -0.25) is 0 Å². The minimum Gasteiger partial charge on any atom is -0.215 e. The molecule has 0 fully saturated rings. The first-order valence-electron chi connectivity index (χ1n) is 6.24. The summed E-state index contributed by atoms with van der Waals surface area (Å²) in [4.78, 5) is 0. The highest BCUT2D eigenvalue weighted by Gasteiger charge is 2.14. The fraction of sp³-hybridized carbons (Fsp3) is 0.833. The van der Waals surface area contributed by atoms with Crippen molar-refractivity contribution in [3.63, 3.8) is 0 Å². The van der Waals surface area contributed by atoms with Crippen LogP contribution < -0.4 is 4.72 Å². The highest BCUT2D eigenvalue weighted by atomic mass is 35.5. The second-order valence-corrected chi connectivity index (χ2v) is 6.95. The Morgan fingerprint density at radius 1 is 1.47 bits per heavy atom. The molecule has 0 heterocycles. The molecule has 0 aromatic carbocycles. The summed E-state index contributed by atoms with van der Waals surface area (Å²) in [5.74, 6) is 0.504. The zero-order valence-electron chi connectivity index (χ0n) is 10.4. The van der Waals surface area contributed by atoms with Gasteiger partial charge in [0, 0.05) is 12.4 Å². The Labute approximate surface area is 110 Å². The lowest BCUT2D eigenvalue weighted by Gasteiger charge is -2.14. The lowest BCUT2D eigenvalue weighted by atomic mass is 9.97. The number of allylic oxidation sites excluding steroid dienone is 1. The summed E-state index contributed by atoms with van der Waals surface area (Å²) < 4.78 is 25.9. The average Bonchev–Trinajstić information content (AvgIpc) is 2.29. The van der Waals surface area contributed by atoms with Crippen molar-refractivity contribution in [2.45, 2.75) is 39.0 Å². The summed E-state index contributed by atoms with van der Waals surface area (Å²) in [5.41, 5.74) is 1.39. The van der Waals surface area contributed by atoms with Crippen LogP contribution in [0.1, 0.15) is 39.0 Å². The van der Waals surface area contributed by atoms with E-state index in [9.17, 15) is 8.42 Å². The molecule has 1 aliphatic rings. The van der Waals surface area contributed by atoms with Gasteiger partial charge in [-0.1, -0.05) is 18.6 Å². The van der Waals surface area contributed by atoms with Crippen molar-refractivity contribution in [2.75, 3.05) is 18.2 Å². The minimum absolute atomic E-state index is 0.00284. The van der Waals surface area contributed by atoms with Crippen LogP contribution in [0.25, 0.3) is 0 Å². The number of halogens is 1. The quantitative estimate of drug-likeness (QED) is 0.575. The second kappa shape index (κ2) is 7.39. The Kier molecular flexibility index (Phi) is 6.52. The minimum atomic E-state index is -3.16. The Bertz CT molecular complexity index is 352. The number of hydrogen-bond acceptors (Lipinski definition) is 2. The predicted molar refractivity (Wildman–Crippen MR) is 72.8 cm³/mol. The van der Waals surface area contributed by atoms with E-state index >= 15 is 0 Å². The monoisotopic (exact) mass is 279 g/mol. The molecule has 0 aromatic rings. The molecule has 1 unspecified atom stereocenters. The topological polar surface area (TPSA) is 46.2 Å². The molecule has 0 amide bonds. The maximum absolute atomic E-state index is 11.7. The van der Waals surface area contributed by atoms with Crippen molar-refractivity contribution in [3.8, 4) is 0 Å². The molecular formula is C12H22ClNO2S. The molecule has 1 aliphatic carbocycles. The van der Waals surface area contributed by atoms with Crippen LogP contribution in [-0.2, 0) is 10.0 Å². The van der Waals surface area contributed by atoms with E-state index in [0.717, 1.165) is 19.3 Å². The smallest absolute Gasteiger partial charge is 0.211 e. The first-order valence-corrected chi connectivity index (χ1v) is 8.43. The van der Waals surface area contributed by atoms with Gasteiger partial charge in [0.2, 0.25) is 10.0 Å². The molecular weight excluding hydrogens is 258 g/mol. The summed E-state index contributed by atoms with van der Waals surface area (Å²) in [6, 6.07) is 0. The van der Waals surface area contributed by atoms with Crippen LogP contribution in [0.2, 0.25) is 0 Å². The van der Waals surface area contributed by atoms with Gasteiger partial charge in [0.25, 0.3) is 0 Å². The van der Waals surface area contributed by atoms with Gasteiger partial charge in [0.05, 0.1) is 5.75 Å². The zero-order chi connectivity index (χ0) is 12.7. The molecule has 17 heavy (non-hydrogen) atoms. The van der Waals surface area contributed by atoms with Crippen LogP contribution in [-0.4, -0.2) is 26.6 Å². The highest BCUT2D eigenvalue weighted by Crippen LogP contribution is 2.19. The van der Waals surface area contributed by atoms with E-state index < -0.39 is 10.0 Å². The number of sulfonamides is 1. The van der Waals surface area contributed by atoms with E-state index in [1.807, 2.05) is 6.92 Å². The third kappa shape index (κ3) is 6.43. The average molecular weight is 280 g/mol. The molecule has 100 valence electrons. The Balaban J connectivity index is 2.27. The van der Waals surface area contributed by atoms with Gasteiger partial charge in [-0.05, 0) is 38.0 Å². The van der Waals surface area contributed by atoms with E-state index in [1.54, 1.807) is 0 Å². The molecule has 1 N–H and O–H groups in total. The lowest BCUT2D eigenvalue weighted by molar-refractivity contribution is 0.567. The normalized spacial score (nSPS) is 18.8. The van der Waals surface area contributed by atoms with E-state index in [0.29, 0.717) is 12.4 Å². The van der Waals surface area contributed by atoms with Crippen LogP contribution in [0, 0.1) is 5.92 Å². The zero-order valence-corrected chi connectivity index (χ0v) is 12.0. The van der Waals surface area contributed by atoms with Gasteiger partial charge in [-0.25, -0.2) is 13.1 Å². The Hall–Kier alpha value is -0.0600. The van der Waals surface area contributed by atoms with Crippen LogP contribution in [0.4, 0.5) is 0 Å². The third-order valence-electron chi connectivity index (χ3n) is 2.92. The first kappa shape index (κ1) is 15.0. The second-order valence-electron chi connectivity index (χ2n) is 4.79. The molecule has 1 rings (SSSR count). The molecule has 0 aliphatic heterocycles. The van der Waals surface area contributed by atoms with E-state index in [-0.39, 0.29) is 11.7 Å². The molecule has 0 aromatic heterocycles. The number of hydrogen-bond donors (Lipinski definition) is 1. The first-order chi connectivity index (χ1) is 8.03. The number of nitrogens with one attached hydrogen (secondary N) is 1. The molecule has 0 bridgehead atoms. The van der Waals surface area contributed by atoms with Crippen molar-refractivity contribution >= 4 is 21.6 Å². The van der Waals surface area contributed by atoms with Gasteiger partial charge in [-0.2, -0.15) is 0 Å². The third-order valence-corrected chi connectivity index (χ3v) is 5.10. The fourth-order valence-electron chi connectivity index (χ4n) is 1.98. The van der Waals surface area contributed by atoms with Gasteiger partial charge in [0.1, 0.15) is 0 Å². The number of rotatable bonds is 7. The van der Waals surface area contributed by atoms with E-state index in [2.05, 4.69) is 10.8 Å². The van der Waals surface area contributed by atoms with E-state index in [4.69, 9.17) is 11.6 Å². The van der Waals surface area contributed by atoms with Crippen LogP contribution >= 0.6 is 11.6 Å². The van der Waals surface area contributed by atoms with Crippen molar-refractivity contribution in [1.82, 2.24) is 4.72 Å². The summed E-state index contributed by atoms with van der Waals surface area (Å²) in [5, 5.41) is 0. The molecule has 1 atom stereocenters. The SMILES string of the molecule is CC(CCl)CS(=O)(=O)NCCC1=CCCCC1.